The Bertz CT molecular complexity index is 277. The van der Waals surface area contributed by atoms with E-state index in [2.05, 4.69) is 17.3 Å². The van der Waals surface area contributed by atoms with E-state index in [9.17, 15) is 5.11 Å². The second kappa shape index (κ2) is 4.77. The summed E-state index contributed by atoms with van der Waals surface area (Å²) in [6.07, 6.45) is 3.71. The molecule has 0 radical (unpaired) electrons. The molecule has 2 unspecified atom stereocenters. The molecule has 0 aromatic carbocycles. The Kier molecular flexibility index (Phi) is 3.88. The van der Waals surface area contributed by atoms with Crippen LogP contribution in [-0.4, -0.2) is 32.6 Å². The van der Waals surface area contributed by atoms with Crippen molar-refractivity contribution < 1.29 is 5.11 Å². The maximum atomic E-state index is 9.78. The van der Waals surface area contributed by atoms with Gasteiger partial charge in [0.2, 0.25) is 0 Å². The van der Waals surface area contributed by atoms with Crippen LogP contribution in [0.5, 0.6) is 0 Å². The van der Waals surface area contributed by atoms with Crippen LogP contribution in [0.4, 0.5) is 0 Å². The summed E-state index contributed by atoms with van der Waals surface area (Å²) in [4.78, 5) is 0. The molecule has 4 heteroatoms. The first-order valence-corrected chi connectivity index (χ1v) is 5.35. The van der Waals surface area contributed by atoms with Crippen LogP contribution in [0, 0.1) is 0 Å². The van der Waals surface area contributed by atoms with E-state index in [1.165, 1.54) is 0 Å². The third-order valence-corrected chi connectivity index (χ3v) is 2.61. The smallest absolute Gasteiger partial charge is 0.0741 e. The second-order valence-corrected chi connectivity index (χ2v) is 4.67. The van der Waals surface area contributed by atoms with Crippen molar-refractivity contribution >= 4 is 0 Å². The molecule has 1 heterocycles. The summed E-state index contributed by atoms with van der Waals surface area (Å²) in [6.45, 7) is 8.51. The summed E-state index contributed by atoms with van der Waals surface area (Å²) < 4.78 is 1.88. The van der Waals surface area contributed by atoms with Gasteiger partial charge in [-0.15, -0.1) is 0 Å². The molecule has 0 fully saturated rings. The molecular weight excluding hydrogens is 190 g/mol. The fourth-order valence-corrected chi connectivity index (χ4v) is 1.37. The normalized spacial score (nSPS) is 16.3. The van der Waals surface area contributed by atoms with Crippen molar-refractivity contribution in [3.63, 3.8) is 0 Å². The van der Waals surface area contributed by atoms with E-state index in [0.29, 0.717) is 0 Å². The lowest BCUT2D eigenvalue weighted by Crippen LogP contribution is -2.49. The first-order chi connectivity index (χ1) is 6.89. The van der Waals surface area contributed by atoms with E-state index in [-0.39, 0.29) is 12.1 Å². The van der Waals surface area contributed by atoms with Gasteiger partial charge in [0.25, 0.3) is 0 Å². The van der Waals surface area contributed by atoms with Crippen LogP contribution in [0.1, 0.15) is 27.7 Å². The number of rotatable bonds is 5. The largest absolute Gasteiger partial charge is 0.389 e. The summed E-state index contributed by atoms with van der Waals surface area (Å²) in [7, 11) is 0. The monoisotopic (exact) mass is 211 g/mol. The summed E-state index contributed by atoms with van der Waals surface area (Å²) in [6, 6.07) is 2.25. The van der Waals surface area contributed by atoms with Gasteiger partial charge in [0.05, 0.1) is 12.1 Å². The zero-order valence-corrected chi connectivity index (χ0v) is 9.94. The fraction of sp³-hybridized carbons (Fsp3) is 0.727. The zero-order chi connectivity index (χ0) is 11.5. The topological polar surface area (TPSA) is 50.1 Å². The third-order valence-electron chi connectivity index (χ3n) is 2.61. The molecule has 0 amide bonds. The third kappa shape index (κ3) is 4.01. The van der Waals surface area contributed by atoms with Gasteiger partial charge in [-0.1, -0.05) is 0 Å². The van der Waals surface area contributed by atoms with Crippen LogP contribution >= 0.6 is 0 Å². The Morgan fingerprint density at radius 2 is 2.13 bits per heavy atom. The Balaban J connectivity index is 2.39. The average molecular weight is 211 g/mol. The highest BCUT2D eigenvalue weighted by atomic mass is 16.3. The Morgan fingerprint density at radius 3 is 2.60 bits per heavy atom. The number of nitrogens with one attached hydrogen (secondary N) is 1. The SMILES string of the molecule is CC(Cn1cccn1)NC(C)C(C)(C)O. The van der Waals surface area contributed by atoms with E-state index >= 15 is 0 Å². The molecule has 0 aliphatic heterocycles. The van der Waals surface area contributed by atoms with Gasteiger partial charge in [0, 0.05) is 24.5 Å². The van der Waals surface area contributed by atoms with Gasteiger partial charge in [0.1, 0.15) is 0 Å². The minimum absolute atomic E-state index is 0.0584. The van der Waals surface area contributed by atoms with Gasteiger partial charge in [-0.25, -0.2) is 0 Å². The molecule has 0 spiro atoms. The molecule has 0 aliphatic rings. The molecule has 0 aliphatic carbocycles. The number of hydrogen-bond acceptors (Lipinski definition) is 3. The second-order valence-electron chi connectivity index (χ2n) is 4.67. The van der Waals surface area contributed by atoms with Crippen LogP contribution in [0.15, 0.2) is 18.5 Å². The van der Waals surface area contributed by atoms with Crippen molar-refractivity contribution in [1.29, 1.82) is 0 Å². The first-order valence-electron chi connectivity index (χ1n) is 5.35. The van der Waals surface area contributed by atoms with Crippen molar-refractivity contribution in [3.05, 3.63) is 18.5 Å². The minimum atomic E-state index is -0.696. The summed E-state index contributed by atoms with van der Waals surface area (Å²) in [5, 5.41) is 17.3. The quantitative estimate of drug-likeness (QED) is 0.764. The standard InChI is InChI=1S/C11H21N3O/c1-9(8-14-7-5-6-12-14)13-10(2)11(3,4)15/h5-7,9-10,13,15H,8H2,1-4H3. The lowest BCUT2D eigenvalue weighted by atomic mass is 10.0. The highest BCUT2D eigenvalue weighted by Gasteiger charge is 2.23. The van der Waals surface area contributed by atoms with Crippen LogP contribution in [0.25, 0.3) is 0 Å². The predicted octanol–water partition coefficient (Wildman–Crippen LogP) is 1.02. The number of nitrogens with zero attached hydrogens (tertiary/aromatic N) is 2. The summed E-state index contributed by atoms with van der Waals surface area (Å²) in [5.74, 6) is 0. The molecule has 86 valence electrons. The van der Waals surface area contributed by atoms with Crippen LogP contribution in [0.2, 0.25) is 0 Å². The maximum Gasteiger partial charge on any atom is 0.0741 e. The van der Waals surface area contributed by atoms with Crippen molar-refractivity contribution in [3.8, 4) is 0 Å². The maximum absolute atomic E-state index is 9.78. The van der Waals surface area contributed by atoms with Crippen LogP contribution in [-0.2, 0) is 6.54 Å². The van der Waals surface area contributed by atoms with Gasteiger partial charge in [0.15, 0.2) is 0 Å². The van der Waals surface area contributed by atoms with Gasteiger partial charge < -0.3 is 10.4 Å². The Hall–Kier alpha value is -0.870. The molecule has 1 rings (SSSR count). The molecule has 0 saturated heterocycles. The number of aromatic nitrogens is 2. The molecule has 15 heavy (non-hydrogen) atoms. The molecule has 1 aromatic rings. The number of aliphatic hydroxyl groups is 1. The predicted molar refractivity (Wildman–Crippen MR) is 60.6 cm³/mol. The molecule has 4 nitrogen and oxygen atoms in total. The van der Waals surface area contributed by atoms with Gasteiger partial charge >= 0.3 is 0 Å². The molecule has 2 N–H and O–H groups in total. The highest BCUT2D eigenvalue weighted by Crippen LogP contribution is 2.08. The van der Waals surface area contributed by atoms with E-state index in [1.54, 1.807) is 6.20 Å². The Morgan fingerprint density at radius 1 is 1.47 bits per heavy atom. The zero-order valence-electron chi connectivity index (χ0n) is 9.94. The van der Waals surface area contributed by atoms with Crippen molar-refractivity contribution in [1.82, 2.24) is 15.1 Å². The lowest BCUT2D eigenvalue weighted by molar-refractivity contribution is 0.0396. The van der Waals surface area contributed by atoms with Crippen LogP contribution in [0.3, 0.4) is 0 Å². The van der Waals surface area contributed by atoms with Gasteiger partial charge in [-0.05, 0) is 33.8 Å². The molecular formula is C11H21N3O. The highest BCUT2D eigenvalue weighted by molar-refractivity contribution is 4.83. The Labute approximate surface area is 91.3 Å². The first kappa shape index (κ1) is 12.2. The number of hydrogen-bond donors (Lipinski definition) is 2. The van der Waals surface area contributed by atoms with Gasteiger partial charge in [-0.2, -0.15) is 5.10 Å². The lowest BCUT2D eigenvalue weighted by Gasteiger charge is -2.29. The van der Waals surface area contributed by atoms with Crippen molar-refractivity contribution in [2.24, 2.45) is 0 Å². The molecule has 0 bridgehead atoms. The molecule has 2 atom stereocenters. The van der Waals surface area contributed by atoms with Gasteiger partial charge in [-0.3, -0.25) is 4.68 Å². The summed E-state index contributed by atoms with van der Waals surface area (Å²) in [5.41, 5.74) is -0.696. The molecule has 1 aromatic heterocycles. The van der Waals surface area contributed by atoms with Crippen molar-refractivity contribution in [2.75, 3.05) is 0 Å². The van der Waals surface area contributed by atoms with E-state index in [0.717, 1.165) is 6.54 Å². The van der Waals surface area contributed by atoms with E-state index in [1.807, 2.05) is 37.7 Å². The average Bonchev–Trinajstić information content (AvgIpc) is 2.54. The molecule has 0 saturated carbocycles. The van der Waals surface area contributed by atoms with Crippen molar-refractivity contribution in [2.45, 2.75) is 51.9 Å². The van der Waals surface area contributed by atoms with E-state index < -0.39 is 5.60 Å². The van der Waals surface area contributed by atoms with Crippen LogP contribution < -0.4 is 5.32 Å². The minimum Gasteiger partial charge on any atom is -0.389 e. The van der Waals surface area contributed by atoms with E-state index in [4.69, 9.17) is 0 Å². The summed E-state index contributed by atoms with van der Waals surface area (Å²) >= 11 is 0. The fourth-order valence-electron chi connectivity index (χ4n) is 1.37.